The Morgan fingerprint density at radius 3 is 2.68 bits per heavy atom. The van der Waals surface area contributed by atoms with E-state index in [0.29, 0.717) is 23.8 Å². The van der Waals surface area contributed by atoms with Crippen LogP contribution in [-0.4, -0.2) is 80.5 Å². The Labute approximate surface area is 216 Å². The number of hydrogen-bond donors (Lipinski definition) is 1. The van der Waals surface area contributed by atoms with Gasteiger partial charge in [0.15, 0.2) is 5.82 Å². The van der Waals surface area contributed by atoms with Crippen molar-refractivity contribution in [1.29, 1.82) is 0 Å². The highest BCUT2D eigenvalue weighted by Crippen LogP contribution is 2.32. The molecule has 0 aromatic carbocycles. The zero-order chi connectivity index (χ0) is 25.9. The van der Waals surface area contributed by atoms with Crippen molar-refractivity contribution in [3.8, 4) is 28.4 Å². The average molecular weight is 508 g/mol. The van der Waals surface area contributed by atoms with Crippen LogP contribution in [0.25, 0.3) is 22.5 Å². The van der Waals surface area contributed by atoms with Crippen LogP contribution in [0, 0.1) is 0 Å². The highest BCUT2D eigenvalue weighted by molar-refractivity contribution is 5.70. The van der Waals surface area contributed by atoms with Gasteiger partial charge in [-0.2, -0.15) is 5.10 Å². The summed E-state index contributed by atoms with van der Waals surface area (Å²) < 4.78 is 13.3. The molecule has 196 valence electrons. The SMILES string of the molecule is COc1nc(-c2ccc(N(C)C3CCN(C(=O)O)C(C)C3)nn2)ccc1-c1cnn(C2CCCCO2)c1. The summed E-state index contributed by atoms with van der Waals surface area (Å²) in [6.07, 6.45) is 7.58. The molecule has 1 N–H and O–H groups in total. The van der Waals surface area contributed by atoms with Crippen molar-refractivity contribution in [1.82, 2.24) is 29.9 Å². The van der Waals surface area contributed by atoms with Crippen LogP contribution in [0.5, 0.6) is 5.88 Å². The number of carboxylic acid groups (broad SMARTS) is 1. The second-order valence-corrected chi connectivity index (χ2v) is 9.67. The van der Waals surface area contributed by atoms with Gasteiger partial charge in [0, 0.05) is 49.6 Å². The van der Waals surface area contributed by atoms with Gasteiger partial charge in [-0.15, -0.1) is 10.2 Å². The molecule has 2 fully saturated rings. The Bertz CT molecular complexity index is 1230. The lowest BCUT2D eigenvalue weighted by atomic mass is 9.97. The highest BCUT2D eigenvalue weighted by atomic mass is 16.5. The van der Waals surface area contributed by atoms with Gasteiger partial charge < -0.3 is 24.4 Å². The molecule has 0 radical (unpaired) electrons. The highest BCUT2D eigenvalue weighted by Gasteiger charge is 2.31. The van der Waals surface area contributed by atoms with Crippen LogP contribution < -0.4 is 9.64 Å². The number of rotatable bonds is 6. The van der Waals surface area contributed by atoms with Gasteiger partial charge >= 0.3 is 6.09 Å². The summed E-state index contributed by atoms with van der Waals surface area (Å²) in [5, 5.41) is 22.7. The first-order valence-corrected chi connectivity index (χ1v) is 12.7. The third-order valence-corrected chi connectivity index (χ3v) is 7.33. The smallest absolute Gasteiger partial charge is 0.407 e. The Hall–Kier alpha value is -3.73. The van der Waals surface area contributed by atoms with E-state index in [2.05, 4.69) is 20.2 Å². The number of aromatic nitrogens is 5. The molecule has 5 heterocycles. The normalized spacial score (nSPS) is 22.0. The molecule has 37 heavy (non-hydrogen) atoms. The maximum Gasteiger partial charge on any atom is 0.407 e. The van der Waals surface area contributed by atoms with Crippen molar-refractivity contribution in [2.45, 2.75) is 57.3 Å². The molecule has 1 amide bonds. The fourth-order valence-electron chi connectivity index (χ4n) is 5.15. The molecule has 0 saturated carbocycles. The van der Waals surface area contributed by atoms with Crippen molar-refractivity contribution >= 4 is 11.9 Å². The molecule has 5 rings (SSSR count). The van der Waals surface area contributed by atoms with E-state index in [9.17, 15) is 9.90 Å². The van der Waals surface area contributed by atoms with E-state index in [-0.39, 0.29) is 18.3 Å². The number of ether oxygens (including phenoxy) is 2. The van der Waals surface area contributed by atoms with Gasteiger partial charge in [-0.1, -0.05) is 0 Å². The van der Waals surface area contributed by atoms with Gasteiger partial charge in [0.1, 0.15) is 11.9 Å². The molecule has 2 saturated heterocycles. The average Bonchev–Trinajstić information content (AvgIpc) is 3.43. The van der Waals surface area contributed by atoms with Crippen molar-refractivity contribution in [3.63, 3.8) is 0 Å². The molecule has 0 aliphatic carbocycles. The van der Waals surface area contributed by atoms with E-state index in [1.165, 1.54) is 4.90 Å². The maximum atomic E-state index is 11.4. The van der Waals surface area contributed by atoms with Gasteiger partial charge in [0.2, 0.25) is 5.88 Å². The van der Waals surface area contributed by atoms with E-state index >= 15 is 0 Å². The molecule has 3 atom stereocenters. The number of hydrogen-bond acceptors (Lipinski definition) is 8. The maximum absolute atomic E-state index is 11.4. The minimum atomic E-state index is -0.862. The Balaban J connectivity index is 1.30. The van der Waals surface area contributed by atoms with Crippen LogP contribution in [0.2, 0.25) is 0 Å². The van der Waals surface area contributed by atoms with Crippen LogP contribution in [0.15, 0.2) is 36.7 Å². The summed E-state index contributed by atoms with van der Waals surface area (Å²) in [5.74, 6) is 1.23. The van der Waals surface area contributed by atoms with E-state index < -0.39 is 6.09 Å². The molecule has 3 aromatic rings. The van der Waals surface area contributed by atoms with Crippen molar-refractivity contribution in [2.75, 3.05) is 32.2 Å². The molecule has 3 aromatic heterocycles. The Morgan fingerprint density at radius 2 is 2.00 bits per heavy atom. The minimum absolute atomic E-state index is 0.0272. The van der Waals surface area contributed by atoms with Crippen molar-refractivity contribution in [2.24, 2.45) is 0 Å². The molecule has 0 spiro atoms. The first kappa shape index (κ1) is 24.9. The molecule has 11 nitrogen and oxygen atoms in total. The molecule has 11 heteroatoms. The monoisotopic (exact) mass is 507 g/mol. The predicted octanol–water partition coefficient (Wildman–Crippen LogP) is 4.08. The first-order chi connectivity index (χ1) is 17.9. The van der Waals surface area contributed by atoms with E-state index in [1.807, 2.05) is 55.3 Å². The third-order valence-electron chi connectivity index (χ3n) is 7.33. The van der Waals surface area contributed by atoms with Crippen LogP contribution in [-0.2, 0) is 4.74 Å². The predicted molar refractivity (Wildman–Crippen MR) is 137 cm³/mol. The van der Waals surface area contributed by atoms with Gasteiger partial charge in [0.05, 0.1) is 19.0 Å². The second-order valence-electron chi connectivity index (χ2n) is 9.67. The number of amides is 1. The molecule has 0 bridgehead atoms. The van der Waals surface area contributed by atoms with Crippen molar-refractivity contribution < 1.29 is 19.4 Å². The summed E-state index contributed by atoms with van der Waals surface area (Å²) in [4.78, 5) is 19.6. The fraction of sp³-hybridized carbons (Fsp3) is 0.500. The van der Waals surface area contributed by atoms with Gasteiger partial charge in [-0.05, 0) is 63.3 Å². The molecular weight excluding hydrogens is 474 g/mol. The Morgan fingerprint density at radius 1 is 1.16 bits per heavy atom. The zero-order valence-electron chi connectivity index (χ0n) is 21.4. The number of pyridine rings is 1. The van der Waals surface area contributed by atoms with E-state index in [0.717, 1.165) is 55.7 Å². The molecule has 3 unspecified atom stereocenters. The lowest BCUT2D eigenvalue weighted by molar-refractivity contribution is -0.0394. The fourth-order valence-corrected chi connectivity index (χ4v) is 5.15. The van der Waals surface area contributed by atoms with E-state index in [4.69, 9.17) is 14.5 Å². The lowest BCUT2D eigenvalue weighted by Gasteiger charge is -2.40. The number of nitrogens with zero attached hydrogens (tertiary/aromatic N) is 7. The number of carbonyl (C=O) groups is 1. The summed E-state index contributed by atoms with van der Waals surface area (Å²) in [5.41, 5.74) is 3.06. The minimum Gasteiger partial charge on any atom is -0.481 e. The number of methoxy groups -OCH3 is 1. The number of piperidine rings is 1. The third kappa shape index (κ3) is 5.22. The Kier molecular flexibility index (Phi) is 7.22. The van der Waals surface area contributed by atoms with Gasteiger partial charge in [-0.25, -0.2) is 14.5 Å². The number of anilines is 1. The molecular formula is C26H33N7O4. The summed E-state index contributed by atoms with van der Waals surface area (Å²) in [7, 11) is 3.58. The summed E-state index contributed by atoms with van der Waals surface area (Å²) in [6.45, 7) is 3.22. The number of likely N-dealkylation sites (tertiary alicyclic amines) is 1. The summed E-state index contributed by atoms with van der Waals surface area (Å²) >= 11 is 0. The quantitative estimate of drug-likeness (QED) is 0.526. The van der Waals surface area contributed by atoms with Crippen LogP contribution in [0.4, 0.5) is 10.6 Å². The standard InChI is InChI=1S/C26H33N7O4/c1-17-14-19(11-12-32(17)26(34)35)31(2)23-10-9-22(29-30-23)21-8-7-20(25(28-21)36-3)18-15-27-33(16-18)24-6-4-5-13-37-24/h7-10,15-17,19,24H,4-6,11-14H2,1-3H3,(H,34,35). The second kappa shape index (κ2) is 10.7. The first-order valence-electron chi connectivity index (χ1n) is 12.7. The summed E-state index contributed by atoms with van der Waals surface area (Å²) in [6, 6.07) is 7.85. The lowest BCUT2D eigenvalue weighted by Crippen LogP contribution is -2.50. The van der Waals surface area contributed by atoms with E-state index in [1.54, 1.807) is 7.11 Å². The van der Waals surface area contributed by atoms with Crippen LogP contribution in [0.3, 0.4) is 0 Å². The topological polar surface area (TPSA) is 119 Å². The largest absolute Gasteiger partial charge is 0.481 e. The van der Waals surface area contributed by atoms with Crippen molar-refractivity contribution in [3.05, 3.63) is 36.7 Å². The van der Waals surface area contributed by atoms with Crippen LogP contribution >= 0.6 is 0 Å². The molecule has 2 aliphatic rings. The van der Waals surface area contributed by atoms with Crippen LogP contribution in [0.1, 0.15) is 45.3 Å². The molecule has 2 aliphatic heterocycles. The van der Waals surface area contributed by atoms with Gasteiger partial charge in [-0.3, -0.25) is 0 Å². The zero-order valence-corrected chi connectivity index (χ0v) is 21.4. The van der Waals surface area contributed by atoms with Gasteiger partial charge in [0.25, 0.3) is 0 Å².